The number of rotatable bonds is 3. The van der Waals surface area contributed by atoms with Crippen LogP contribution in [-0.2, 0) is 4.74 Å². The molecule has 0 aromatic rings. The zero-order valence-electron chi connectivity index (χ0n) is 10.4. The molecule has 2 rings (SSSR count). The van der Waals surface area contributed by atoms with Crippen LogP contribution in [0, 0.1) is 17.8 Å². The van der Waals surface area contributed by atoms with Crippen molar-refractivity contribution in [3.8, 4) is 0 Å². The van der Waals surface area contributed by atoms with E-state index in [1.165, 1.54) is 0 Å². The minimum atomic E-state index is -0.492. The standard InChI is InChI=1S/C13H24O2/c1-5-13(14,6-2)10-7-11-8(3)9(4)12(10)15-11/h8-12,14H,5-7H2,1-4H3. The molecular formula is C13H24O2. The Kier molecular flexibility index (Phi) is 2.85. The lowest BCUT2D eigenvalue weighted by atomic mass is 9.68. The second-order valence-electron chi connectivity index (χ2n) is 5.51. The number of aliphatic hydroxyl groups is 1. The predicted molar refractivity (Wildman–Crippen MR) is 60.6 cm³/mol. The molecule has 2 aliphatic rings. The van der Waals surface area contributed by atoms with Gasteiger partial charge in [-0.2, -0.15) is 0 Å². The van der Waals surface area contributed by atoms with Crippen molar-refractivity contribution in [3.05, 3.63) is 0 Å². The molecule has 0 amide bonds. The van der Waals surface area contributed by atoms with Crippen LogP contribution in [0.5, 0.6) is 0 Å². The third kappa shape index (κ3) is 1.53. The van der Waals surface area contributed by atoms with Gasteiger partial charge >= 0.3 is 0 Å². The van der Waals surface area contributed by atoms with Gasteiger partial charge in [-0.15, -0.1) is 0 Å². The Morgan fingerprint density at radius 1 is 1.20 bits per heavy atom. The lowest BCUT2D eigenvalue weighted by Gasteiger charge is -2.39. The summed E-state index contributed by atoms with van der Waals surface area (Å²) in [5.41, 5.74) is -0.492. The van der Waals surface area contributed by atoms with Crippen LogP contribution in [0.25, 0.3) is 0 Å². The molecule has 2 fully saturated rings. The Hall–Kier alpha value is -0.0800. The molecule has 2 heteroatoms. The van der Waals surface area contributed by atoms with Gasteiger partial charge in [-0.1, -0.05) is 27.7 Å². The molecule has 2 heterocycles. The number of hydrogen-bond donors (Lipinski definition) is 1. The maximum absolute atomic E-state index is 10.6. The summed E-state index contributed by atoms with van der Waals surface area (Å²) < 4.78 is 6.00. The van der Waals surface area contributed by atoms with Gasteiger partial charge in [0.05, 0.1) is 17.8 Å². The molecule has 5 atom stereocenters. The van der Waals surface area contributed by atoms with Crippen molar-refractivity contribution in [1.82, 2.24) is 0 Å². The van der Waals surface area contributed by atoms with Gasteiger partial charge in [0, 0.05) is 5.92 Å². The molecule has 88 valence electrons. The molecule has 1 N–H and O–H groups in total. The van der Waals surface area contributed by atoms with Crippen molar-refractivity contribution in [2.45, 2.75) is 64.8 Å². The smallest absolute Gasteiger partial charge is 0.0696 e. The third-order valence-corrected chi connectivity index (χ3v) is 5.06. The zero-order valence-corrected chi connectivity index (χ0v) is 10.4. The molecular weight excluding hydrogens is 188 g/mol. The quantitative estimate of drug-likeness (QED) is 0.779. The minimum Gasteiger partial charge on any atom is -0.390 e. The minimum absolute atomic E-state index is 0.301. The van der Waals surface area contributed by atoms with E-state index in [1.807, 2.05) is 0 Å². The molecule has 5 unspecified atom stereocenters. The van der Waals surface area contributed by atoms with Crippen LogP contribution in [0.4, 0.5) is 0 Å². The summed E-state index contributed by atoms with van der Waals surface area (Å²) in [5.74, 6) is 1.64. The molecule has 2 nitrogen and oxygen atoms in total. The third-order valence-electron chi connectivity index (χ3n) is 5.06. The number of hydrogen-bond acceptors (Lipinski definition) is 2. The van der Waals surface area contributed by atoms with E-state index in [4.69, 9.17) is 4.74 Å². The summed E-state index contributed by atoms with van der Waals surface area (Å²) >= 11 is 0. The van der Waals surface area contributed by atoms with E-state index in [-0.39, 0.29) is 0 Å². The van der Waals surface area contributed by atoms with E-state index >= 15 is 0 Å². The molecule has 15 heavy (non-hydrogen) atoms. The van der Waals surface area contributed by atoms with Crippen molar-refractivity contribution < 1.29 is 9.84 Å². The number of ether oxygens (including phenoxy) is 1. The Morgan fingerprint density at radius 2 is 1.80 bits per heavy atom. The second-order valence-corrected chi connectivity index (χ2v) is 5.51. The van der Waals surface area contributed by atoms with E-state index < -0.39 is 5.60 Å². The van der Waals surface area contributed by atoms with Crippen LogP contribution in [0.1, 0.15) is 47.0 Å². The van der Waals surface area contributed by atoms with Gasteiger partial charge in [0.2, 0.25) is 0 Å². The molecule has 0 aromatic carbocycles. The molecule has 2 saturated heterocycles. The maximum Gasteiger partial charge on any atom is 0.0696 e. The summed E-state index contributed by atoms with van der Waals surface area (Å²) in [6.07, 6.45) is 3.47. The van der Waals surface area contributed by atoms with Crippen molar-refractivity contribution in [1.29, 1.82) is 0 Å². The number of fused-ring (bicyclic) bond motifs is 2. The van der Waals surface area contributed by atoms with Crippen molar-refractivity contribution in [2.75, 3.05) is 0 Å². The average molecular weight is 212 g/mol. The van der Waals surface area contributed by atoms with E-state index in [2.05, 4.69) is 27.7 Å². The highest BCUT2D eigenvalue weighted by molar-refractivity contribution is 5.04. The molecule has 0 aromatic heterocycles. The summed E-state index contributed by atoms with van der Waals surface area (Å²) in [7, 11) is 0. The first-order chi connectivity index (χ1) is 7.03. The fraction of sp³-hybridized carbons (Fsp3) is 1.00. The normalized spacial score (nSPS) is 45.0. The Bertz CT molecular complexity index is 233. The van der Waals surface area contributed by atoms with Crippen LogP contribution in [0.15, 0.2) is 0 Å². The zero-order chi connectivity index (χ0) is 11.2. The topological polar surface area (TPSA) is 29.5 Å². The summed E-state index contributed by atoms with van der Waals surface area (Å²) in [6.45, 7) is 8.73. The molecule has 0 saturated carbocycles. The van der Waals surface area contributed by atoms with Crippen molar-refractivity contribution >= 4 is 0 Å². The van der Waals surface area contributed by atoms with E-state index in [9.17, 15) is 5.11 Å². The largest absolute Gasteiger partial charge is 0.390 e. The SMILES string of the molecule is CCC(O)(CC)C1CC2OC1C(C)C2C. The molecule has 0 spiro atoms. The van der Waals surface area contributed by atoms with Gasteiger partial charge in [-0.3, -0.25) is 0 Å². The molecule has 2 bridgehead atoms. The summed E-state index contributed by atoms with van der Waals surface area (Å²) in [4.78, 5) is 0. The highest BCUT2D eigenvalue weighted by Gasteiger charge is 2.55. The van der Waals surface area contributed by atoms with Gasteiger partial charge in [0.25, 0.3) is 0 Å². The fourth-order valence-electron chi connectivity index (χ4n) is 3.50. The van der Waals surface area contributed by atoms with Crippen molar-refractivity contribution in [3.63, 3.8) is 0 Å². The first kappa shape index (κ1) is 11.4. The lowest BCUT2D eigenvalue weighted by molar-refractivity contribution is -0.0616. The van der Waals surface area contributed by atoms with Gasteiger partial charge in [-0.05, 0) is 31.1 Å². The van der Waals surface area contributed by atoms with Crippen LogP contribution >= 0.6 is 0 Å². The predicted octanol–water partition coefficient (Wildman–Crippen LogP) is 2.60. The first-order valence-corrected chi connectivity index (χ1v) is 6.41. The first-order valence-electron chi connectivity index (χ1n) is 6.41. The van der Waals surface area contributed by atoms with Gasteiger partial charge < -0.3 is 9.84 Å². The van der Waals surface area contributed by atoms with Gasteiger partial charge in [0.1, 0.15) is 0 Å². The highest BCUT2D eigenvalue weighted by Crippen LogP contribution is 2.51. The Morgan fingerprint density at radius 3 is 2.20 bits per heavy atom. The van der Waals surface area contributed by atoms with Crippen LogP contribution < -0.4 is 0 Å². The Balaban J connectivity index is 2.15. The fourth-order valence-corrected chi connectivity index (χ4v) is 3.50. The molecule has 0 aliphatic carbocycles. The molecule has 0 radical (unpaired) electrons. The highest BCUT2D eigenvalue weighted by atomic mass is 16.5. The average Bonchev–Trinajstić information content (AvgIpc) is 2.79. The maximum atomic E-state index is 10.6. The van der Waals surface area contributed by atoms with E-state index in [0.717, 1.165) is 19.3 Å². The van der Waals surface area contributed by atoms with Crippen LogP contribution in [0.2, 0.25) is 0 Å². The van der Waals surface area contributed by atoms with E-state index in [1.54, 1.807) is 0 Å². The second kappa shape index (κ2) is 3.74. The van der Waals surface area contributed by atoms with Crippen LogP contribution in [0.3, 0.4) is 0 Å². The Labute approximate surface area is 93.0 Å². The van der Waals surface area contributed by atoms with Crippen molar-refractivity contribution in [2.24, 2.45) is 17.8 Å². The van der Waals surface area contributed by atoms with Crippen LogP contribution in [-0.4, -0.2) is 22.9 Å². The monoisotopic (exact) mass is 212 g/mol. The van der Waals surface area contributed by atoms with Gasteiger partial charge in [0.15, 0.2) is 0 Å². The lowest BCUT2D eigenvalue weighted by Crippen LogP contribution is -2.45. The van der Waals surface area contributed by atoms with E-state index in [0.29, 0.717) is 30.0 Å². The molecule has 2 aliphatic heterocycles. The van der Waals surface area contributed by atoms with Gasteiger partial charge in [-0.25, -0.2) is 0 Å². The summed E-state index contributed by atoms with van der Waals surface area (Å²) in [6, 6.07) is 0. The summed E-state index contributed by atoms with van der Waals surface area (Å²) in [5, 5.41) is 10.6.